The fraction of sp³-hybridized carbons (Fsp3) is 0.636. The second-order valence-corrected chi connectivity index (χ2v) is 6.45. The fourth-order valence-electron chi connectivity index (χ4n) is 2.07. The summed E-state index contributed by atoms with van der Waals surface area (Å²) < 4.78 is 31.1. The van der Waals surface area contributed by atoms with E-state index in [0.717, 1.165) is 0 Å². The Kier molecular flexibility index (Phi) is 4.41. The summed E-state index contributed by atoms with van der Waals surface area (Å²) in [5.41, 5.74) is 5.69. The summed E-state index contributed by atoms with van der Waals surface area (Å²) in [5.74, 6) is -0.700. The van der Waals surface area contributed by atoms with E-state index in [4.69, 9.17) is 10.5 Å². The number of carbonyl (C=O) groups excluding carboxylic acids is 1. The molecular formula is C11H18N4O4S. The van der Waals surface area contributed by atoms with Crippen molar-refractivity contribution >= 4 is 16.0 Å². The second-order valence-electron chi connectivity index (χ2n) is 4.57. The highest BCUT2D eigenvalue weighted by Gasteiger charge is 2.33. The number of nitrogens with two attached hydrogens (primary N) is 1. The molecule has 9 heteroatoms. The summed E-state index contributed by atoms with van der Waals surface area (Å²) in [6, 6.07) is 0.0211. The van der Waals surface area contributed by atoms with Crippen LogP contribution in [0.5, 0.6) is 0 Å². The molecule has 0 bridgehead atoms. The third-order valence-electron chi connectivity index (χ3n) is 3.20. The Balaban J connectivity index is 2.26. The molecule has 0 radical (unpaired) electrons. The Labute approximate surface area is 117 Å². The van der Waals surface area contributed by atoms with E-state index in [-0.39, 0.29) is 23.2 Å². The van der Waals surface area contributed by atoms with Crippen LogP contribution < -0.4 is 5.73 Å². The molecule has 0 saturated carbocycles. The van der Waals surface area contributed by atoms with Crippen LogP contribution in [-0.4, -0.2) is 54.6 Å². The van der Waals surface area contributed by atoms with Gasteiger partial charge in [0.15, 0.2) is 5.03 Å². The van der Waals surface area contributed by atoms with Crippen LogP contribution >= 0.6 is 0 Å². The first kappa shape index (κ1) is 14.9. The molecule has 112 valence electrons. The molecule has 0 atom stereocenters. The average molecular weight is 302 g/mol. The highest BCUT2D eigenvalue weighted by Crippen LogP contribution is 2.21. The Hall–Kier alpha value is -1.45. The zero-order valence-electron chi connectivity index (χ0n) is 11.2. The number of aromatic nitrogens is 2. The Bertz CT molecular complexity index is 575. The van der Waals surface area contributed by atoms with Crippen LogP contribution in [0.4, 0.5) is 0 Å². The minimum Gasteiger partial charge on any atom is -0.462 e. The molecule has 0 amide bonds. The van der Waals surface area contributed by atoms with Gasteiger partial charge in [-0.2, -0.15) is 9.40 Å². The van der Waals surface area contributed by atoms with Crippen LogP contribution in [0.2, 0.25) is 0 Å². The van der Waals surface area contributed by atoms with E-state index in [1.54, 1.807) is 6.92 Å². The summed E-state index contributed by atoms with van der Waals surface area (Å²) in [6.07, 6.45) is 2.37. The highest BCUT2D eigenvalue weighted by molar-refractivity contribution is 7.89. The number of piperidine rings is 1. The molecule has 20 heavy (non-hydrogen) atoms. The lowest BCUT2D eigenvalue weighted by Gasteiger charge is -2.28. The zero-order valence-corrected chi connectivity index (χ0v) is 12.0. The molecule has 0 spiro atoms. The first-order valence-corrected chi connectivity index (χ1v) is 7.87. The van der Waals surface area contributed by atoms with Gasteiger partial charge in [0.2, 0.25) is 0 Å². The van der Waals surface area contributed by atoms with Gasteiger partial charge in [0.1, 0.15) is 5.56 Å². The van der Waals surface area contributed by atoms with E-state index in [0.29, 0.717) is 25.9 Å². The summed E-state index contributed by atoms with van der Waals surface area (Å²) >= 11 is 0. The van der Waals surface area contributed by atoms with Crippen molar-refractivity contribution in [3.05, 3.63) is 11.8 Å². The topological polar surface area (TPSA) is 118 Å². The SMILES string of the molecule is CCOC(=O)c1cn[nH]c1S(=O)(=O)N1CCC(N)CC1. The Morgan fingerprint density at radius 2 is 2.20 bits per heavy atom. The largest absolute Gasteiger partial charge is 0.462 e. The first-order chi connectivity index (χ1) is 9.46. The standard InChI is InChI=1S/C11H18N4O4S/c1-2-19-11(16)9-7-13-14-10(9)20(17,18)15-5-3-8(12)4-6-15/h7-8H,2-6,12H2,1H3,(H,13,14). The van der Waals surface area contributed by atoms with Crippen LogP contribution in [-0.2, 0) is 14.8 Å². The molecule has 2 heterocycles. The van der Waals surface area contributed by atoms with Crippen LogP contribution in [0.3, 0.4) is 0 Å². The van der Waals surface area contributed by atoms with Gasteiger partial charge >= 0.3 is 5.97 Å². The van der Waals surface area contributed by atoms with Gasteiger partial charge in [-0.25, -0.2) is 13.2 Å². The van der Waals surface area contributed by atoms with Gasteiger partial charge in [0, 0.05) is 19.1 Å². The van der Waals surface area contributed by atoms with Crippen molar-refractivity contribution in [2.75, 3.05) is 19.7 Å². The van der Waals surface area contributed by atoms with Crippen molar-refractivity contribution < 1.29 is 17.9 Å². The molecular weight excluding hydrogens is 284 g/mol. The van der Waals surface area contributed by atoms with E-state index in [1.165, 1.54) is 10.5 Å². The number of carbonyl (C=O) groups is 1. The molecule has 1 aliphatic rings. The maximum atomic E-state index is 12.5. The lowest BCUT2D eigenvalue weighted by Crippen LogP contribution is -2.43. The number of ether oxygens (including phenoxy) is 1. The third kappa shape index (κ3) is 2.84. The molecule has 1 aromatic heterocycles. The molecule has 1 aliphatic heterocycles. The summed E-state index contributed by atoms with van der Waals surface area (Å²) in [7, 11) is -3.78. The van der Waals surface area contributed by atoms with E-state index in [9.17, 15) is 13.2 Å². The molecule has 3 N–H and O–H groups in total. The zero-order chi connectivity index (χ0) is 14.8. The number of aromatic amines is 1. The first-order valence-electron chi connectivity index (χ1n) is 6.43. The van der Waals surface area contributed by atoms with Crippen molar-refractivity contribution in [1.29, 1.82) is 0 Å². The van der Waals surface area contributed by atoms with Gasteiger partial charge in [0.25, 0.3) is 10.0 Å². The Morgan fingerprint density at radius 3 is 2.80 bits per heavy atom. The highest BCUT2D eigenvalue weighted by atomic mass is 32.2. The van der Waals surface area contributed by atoms with Gasteiger partial charge in [-0.15, -0.1) is 0 Å². The quantitative estimate of drug-likeness (QED) is 0.737. The van der Waals surface area contributed by atoms with Crippen LogP contribution in [0, 0.1) is 0 Å². The Morgan fingerprint density at radius 1 is 1.55 bits per heavy atom. The van der Waals surface area contributed by atoms with Crippen LogP contribution in [0.15, 0.2) is 11.2 Å². The number of rotatable bonds is 4. The van der Waals surface area contributed by atoms with Gasteiger partial charge in [-0.3, -0.25) is 5.10 Å². The van der Waals surface area contributed by atoms with Crippen LogP contribution in [0.1, 0.15) is 30.1 Å². The van der Waals surface area contributed by atoms with Gasteiger partial charge in [-0.05, 0) is 19.8 Å². The summed E-state index contributed by atoms with van der Waals surface area (Å²) in [4.78, 5) is 11.7. The van der Waals surface area contributed by atoms with Gasteiger partial charge in [-0.1, -0.05) is 0 Å². The van der Waals surface area contributed by atoms with Crippen LogP contribution in [0.25, 0.3) is 0 Å². The maximum absolute atomic E-state index is 12.5. The summed E-state index contributed by atoms with van der Waals surface area (Å²) in [5, 5.41) is 5.81. The molecule has 0 aromatic carbocycles. The predicted octanol–water partition coefficient (Wildman–Crippen LogP) is -0.302. The number of hydrogen-bond donors (Lipinski definition) is 2. The number of sulfonamides is 1. The van der Waals surface area contributed by atoms with Gasteiger partial charge < -0.3 is 10.5 Å². The number of nitrogens with one attached hydrogen (secondary N) is 1. The molecule has 1 fully saturated rings. The monoisotopic (exact) mass is 302 g/mol. The van der Waals surface area contributed by atoms with Crippen molar-refractivity contribution in [1.82, 2.24) is 14.5 Å². The minimum absolute atomic E-state index is 0.0211. The molecule has 0 unspecified atom stereocenters. The summed E-state index contributed by atoms with van der Waals surface area (Å²) in [6.45, 7) is 2.50. The second kappa shape index (κ2) is 5.90. The van der Waals surface area contributed by atoms with E-state index < -0.39 is 16.0 Å². The number of esters is 1. The van der Waals surface area contributed by atoms with Crippen molar-refractivity contribution in [2.24, 2.45) is 5.73 Å². The lowest BCUT2D eigenvalue weighted by atomic mass is 10.1. The van der Waals surface area contributed by atoms with E-state index in [1.807, 2.05) is 0 Å². The average Bonchev–Trinajstić information content (AvgIpc) is 2.89. The molecule has 8 nitrogen and oxygen atoms in total. The normalized spacial score (nSPS) is 18.1. The number of hydrogen-bond acceptors (Lipinski definition) is 6. The van der Waals surface area contributed by atoms with Crippen molar-refractivity contribution in [3.8, 4) is 0 Å². The maximum Gasteiger partial charge on any atom is 0.342 e. The smallest absolute Gasteiger partial charge is 0.342 e. The fourth-order valence-corrected chi connectivity index (χ4v) is 3.60. The third-order valence-corrected chi connectivity index (χ3v) is 5.07. The minimum atomic E-state index is -3.78. The molecule has 1 saturated heterocycles. The molecule has 0 aliphatic carbocycles. The number of H-pyrrole nitrogens is 1. The lowest BCUT2D eigenvalue weighted by molar-refractivity contribution is 0.0521. The van der Waals surface area contributed by atoms with E-state index in [2.05, 4.69) is 10.2 Å². The molecule has 2 rings (SSSR count). The predicted molar refractivity (Wildman–Crippen MR) is 70.5 cm³/mol. The van der Waals surface area contributed by atoms with E-state index >= 15 is 0 Å². The number of nitrogens with zero attached hydrogens (tertiary/aromatic N) is 2. The molecule has 1 aromatic rings. The van der Waals surface area contributed by atoms with Gasteiger partial charge in [0.05, 0.1) is 12.8 Å². The van der Waals surface area contributed by atoms with Crippen molar-refractivity contribution in [2.45, 2.75) is 30.8 Å². The van der Waals surface area contributed by atoms with Crippen molar-refractivity contribution in [3.63, 3.8) is 0 Å².